The Hall–Kier alpha value is -4.24. The highest BCUT2D eigenvalue weighted by molar-refractivity contribution is 6.21. The van der Waals surface area contributed by atoms with Crippen LogP contribution in [0.5, 0.6) is 0 Å². The van der Waals surface area contributed by atoms with Gasteiger partial charge in [0.15, 0.2) is 0 Å². The van der Waals surface area contributed by atoms with Gasteiger partial charge < -0.3 is 5.32 Å². The Kier molecular flexibility index (Phi) is 4.99. The number of pyridine rings is 1. The lowest BCUT2D eigenvalue weighted by atomic mass is 9.93. The van der Waals surface area contributed by atoms with Crippen LogP contribution in [0.4, 0.5) is 11.4 Å². The SMILES string of the molecule is N=C(c1cccc(-c2ccncc2)c1)c1c(Nc2ccccc2)ccc2ccccc12. The van der Waals surface area contributed by atoms with Gasteiger partial charge in [-0.05, 0) is 58.3 Å². The number of hydrogen-bond acceptors (Lipinski definition) is 3. The summed E-state index contributed by atoms with van der Waals surface area (Å²) in [5.41, 5.74) is 6.34. The molecule has 0 saturated carbocycles. The monoisotopic (exact) mass is 399 g/mol. The molecular formula is C28H21N3. The van der Waals surface area contributed by atoms with Gasteiger partial charge in [0.25, 0.3) is 0 Å². The third-order valence-electron chi connectivity index (χ3n) is 5.40. The molecule has 0 atom stereocenters. The maximum atomic E-state index is 9.17. The Morgan fingerprint density at radius 3 is 2.29 bits per heavy atom. The van der Waals surface area contributed by atoms with Crippen LogP contribution in [-0.4, -0.2) is 10.7 Å². The number of rotatable bonds is 5. The Balaban J connectivity index is 1.63. The van der Waals surface area contributed by atoms with Crippen molar-refractivity contribution >= 4 is 27.9 Å². The molecule has 5 aromatic rings. The fourth-order valence-corrected chi connectivity index (χ4v) is 3.87. The maximum absolute atomic E-state index is 9.17. The highest BCUT2D eigenvalue weighted by atomic mass is 14.9. The van der Waals surface area contributed by atoms with Crippen molar-refractivity contribution < 1.29 is 0 Å². The highest BCUT2D eigenvalue weighted by Crippen LogP contribution is 2.31. The molecule has 0 spiro atoms. The number of aromatic nitrogens is 1. The quantitative estimate of drug-likeness (QED) is 0.311. The topological polar surface area (TPSA) is 48.8 Å². The number of para-hydroxylation sites is 1. The molecule has 31 heavy (non-hydrogen) atoms. The van der Waals surface area contributed by atoms with Crippen LogP contribution in [0.3, 0.4) is 0 Å². The van der Waals surface area contributed by atoms with Crippen LogP contribution in [0.25, 0.3) is 21.9 Å². The number of nitrogens with one attached hydrogen (secondary N) is 2. The molecule has 0 amide bonds. The van der Waals surface area contributed by atoms with Gasteiger partial charge in [0.1, 0.15) is 0 Å². The minimum Gasteiger partial charge on any atom is -0.355 e. The van der Waals surface area contributed by atoms with E-state index >= 15 is 0 Å². The number of benzene rings is 4. The average molecular weight is 399 g/mol. The van der Waals surface area contributed by atoms with Gasteiger partial charge >= 0.3 is 0 Å². The van der Waals surface area contributed by atoms with E-state index in [0.717, 1.165) is 44.4 Å². The van der Waals surface area contributed by atoms with Gasteiger partial charge in [0.2, 0.25) is 0 Å². The zero-order chi connectivity index (χ0) is 21.0. The van der Waals surface area contributed by atoms with Gasteiger partial charge in [-0.25, -0.2) is 0 Å². The third kappa shape index (κ3) is 3.81. The standard InChI is InChI=1S/C28H21N3/c29-28(23-9-6-8-22(19-23)20-15-17-30-18-16-20)27-25-12-5-4-7-21(25)13-14-26(27)31-24-10-2-1-3-11-24/h1-19,29,31H. The van der Waals surface area contributed by atoms with E-state index in [0.29, 0.717) is 5.71 Å². The first-order valence-corrected chi connectivity index (χ1v) is 10.2. The lowest BCUT2D eigenvalue weighted by molar-refractivity contribution is 1.33. The summed E-state index contributed by atoms with van der Waals surface area (Å²) in [6, 6.07) is 34.6. The first-order valence-electron chi connectivity index (χ1n) is 10.2. The molecule has 0 aliphatic carbocycles. The summed E-state index contributed by atoms with van der Waals surface area (Å²) in [5, 5.41) is 14.9. The van der Waals surface area contributed by atoms with E-state index in [9.17, 15) is 0 Å². The second kappa shape index (κ2) is 8.25. The lowest BCUT2D eigenvalue weighted by Crippen LogP contribution is -2.07. The summed E-state index contributed by atoms with van der Waals surface area (Å²) in [7, 11) is 0. The number of anilines is 2. The molecule has 2 N–H and O–H groups in total. The van der Waals surface area contributed by atoms with Crippen molar-refractivity contribution in [2.45, 2.75) is 0 Å². The highest BCUT2D eigenvalue weighted by Gasteiger charge is 2.15. The van der Waals surface area contributed by atoms with E-state index in [-0.39, 0.29) is 0 Å². The summed E-state index contributed by atoms with van der Waals surface area (Å²) >= 11 is 0. The molecule has 3 heteroatoms. The van der Waals surface area contributed by atoms with Gasteiger partial charge in [-0.3, -0.25) is 10.4 Å². The summed E-state index contributed by atoms with van der Waals surface area (Å²) in [6.45, 7) is 0. The van der Waals surface area contributed by atoms with Gasteiger partial charge in [0, 0.05) is 34.9 Å². The van der Waals surface area contributed by atoms with Crippen molar-refractivity contribution in [2.75, 3.05) is 5.32 Å². The minimum absolute atomic E-state index is 0.492. The molecule has 4 aromatic carbocycles. The van der Waals surface area contributed by atoms with Crippen molar-refractivity contribution in [1.82, 2.24) is 4.98 Å². The largest absolute Gasteiger partial charge is 0.355 e. The normalized spacial score (nSPS) is 10.7. The van der Waals surface area contributed by atoms with Crippen molar-refractivity contribution in [3.8, 4) is 11.1 Å². The fourth-order valence-electron chi connectivity index (χ4n) is 3.87. The van der Waals surface area contributed by atoms with Gasteiger partial charge in [-0.15, -0.1) is 0 Å². The first-order chi connectivity index (χ1) is 15.3. The molecule has 0 unspecified atom stereocenters. The fraction of sp³-hybridized carbons (Fsp3) is 0. The third-order valence-corrected chi connectivity index (χ3v) is 5.40. The second-order valence-corrected chi connectivity index (χ2v) is 7.39. The molecule has 148 valence electrons. The lowest BCUT2D eigenvalue weighted by Gasteiger charge is -2.17. The average Bonchev–Trinajstić information content (AvgIpc) is 2.85. The Bertz CT molecular complexity index is 1360. The van der Waals surface area contributed by atoms with Crippen LogP contribution in [0.2, 0.25) is 0 Å². The van der Waals surface area contributed by atoms with Gasteiger partial charge in [0.05, 0.1) is 5.71 Å². The van der Waals surface area contributed by atoms with Crippen molar-refractivity contribution in [2.24, 2.45) is 0 Å². The molecule has 5 rings (SSSR count). The molecular weight excluding hydrogens is 378 g/mol. The van der Waals surface area contributed by atoms with Gasteiger partial charge in [-0.1, -0.05) is 66.7 Å². The zero-order valence-corrected chi connectivity index (χ0v) is 16.9. The molecule has 0 saturated heterocycles. The van der Waals surface area contributed by atoms with E-state index in [1.807, 2.05) is 66.7 Å². The Morgan fingerprint density at radius 1 is 0.677 bits per heavy atom. The smallest absolute Gasteiger partial charge is 0.0711 e. The zero-order valence-electron chi connectivity index (χ0n) is 16.9. The summed E-state index contributed by atoms with van der Waals surface area (Å²) < 4.78 is 0. The molecule has 1 heterocycles. The van der Waals surface area contributed by atoms with Crippen molar-refractivity contribution in [1.29, 1.82) is 5.41 Å². The van der Waals surface area contributed by atoms with E-state index in [1.165, 1.54) is 0 Å². The van der Waals surface area contributed by atoms with E-state index in [1.54, 1.807) is 12.4 Å². The molecule has 0 aliphatic rings. The molecule has 0 bridgehead atoms. The summed E-state index contributed by atoms with van der Waals surface area (Å²) in [6.07, 6.45) is 3.58. The summed E-state index contributed by atoms with van der Waals surface area (Å²) in [4.78, 5) is 4.11. The molecule has 0 aliphatic heterocycles. The molecule has 0 radical (unpaired) electrons. The van der Waals surface area contributed by atoms with E-state index < -0.39 is 0 Å². The van der Waals surface area contributed by atoms with E-state index in [4.69, 9.17) is 5.41 Å². The summed E-state index contributed by atoms with van der Waals surface area (Å²) in [5.74, 6) is 0. The maximum Gasteiger partial charge on any atom is 0.0711 e. The van der Waals surface area contributed by atoms with Crippen molar-refractivity contribution in [3.63, 3.8) is 0 Å². The predicted molar refractivity (Wildman–Crippen MR) is 129 cm³/mol. The van der Waals surface area contributed by atoms with E-state index in [2.05, 4.69) is 46.7 Å². The Labute approximate surface area is 181 Å². The van der Waals surface area contributed by atoms with Crippen LogP contribution in [0.15, 0.2) is 116 Å². The number of nitrogens with zero attached hydrogens (tertiary/aromatic N) is 1. The predicted octanol–water partition coefficient (Wildman–Crippen LogP) is 7.06. The number of fused-ring (bicyclic) bond motifs is 1. The van der Waals surface area contributed by atoms with Crippen LogP contribution in [0.1, 0.15) is 11.1 Å². The van der Waals surface area contributed by atoms with Crippen molar-refractivity contribution in [3.05, 3.63) is 127 Å². The van der Waals surface area contributed by atoms with Crippen LogP contribution in [-0.2, 0) is 0 Å². The minimum atomic E-state index is 0.492. The van der Waals surface area contributed by atoms with Crippen LogP contribution < -0.4 is 5.32 Å². The number of hydrogen-bond donors (Lipinski definition) is 2. The van der Waals surface area contributed by atoms with Gasteiger partial charge in [-0.2, -0.15) is 0 Å². The van der Waals surface area contributed by atoms with Crippen LogP contribution in [0, 0.1) is 5.41 Å². The van der Waals surface area contributed by atoms with Crippen LogP contribution >= 0.6 is 0 Å². The first kappa shape index (κ1) is 18.8. The second-order valence-electron chi connectivity index (χ2n) is 7.39. The Morgan fingerprint density at radius 2 is 1.45 bits per heavy atom. The molecule has 1 aromatic heterocycles. The molecule has 3 nitrogen and oxygen atoms in total. The molecule has 0 fully saturated rings.